The molecule has 106 valence electrons. The number of likely N-dealkylation sites (N-methyl/N-ethyl adjacent to an activating group) is 1. The van der Waals surface area contributed by atoms with Gasteiger partial charge in [0.25, 0.3) is 0 Å². The number of rotatable bonds is 3. The van der Waals surface area contributed by atoms with Crippen LogP contribution in [0.4, 0.5) is 0 Å². The van der Waals surface area contributed by atoms with Gasteiger partial charge in [-0.25, -0.2) is 0 Å². The summed E-state index contributed by atoms with van der Waals surface area (Å²) in [6.07, 6.45) is 1.27. The lowest BCUT2D eigenvalue weighted by Crippen LogP contribution is -2.28. The van der Waals surface area contributed by atoms with Crippen molar-refractivity contribution in [3.63, 3.8) is 0 Å². The molecule has 1 aliphatic rings. The molecule has 0 bridgehead atoms. The van der Waals surface area contributed by atoms with Crippen LogP contribution < -0.4 is 4.74 Å². The average Bonchev–Trinajstić information content (AvgIpc) is 2.60. The minimum atomic E-state index is 0.997. The van der Waals surface area contributed by atoms with Crippen LogP contribution >= 0.6 is 0 Å². The van der Waals surface area contributed by atoms with E-state index < -0.39 is 0 Å². The SMILES string of the molecule is COc1ccc(CN2CCCN(C)CC2)c(C)c1C. The number of benzene rings is 1. The van der Waals surface area contributed by atoms with E-state index in [2.05, 4.69) is 42.8 Å². The molecule has 0 aromatic heterocycles. The fraction of sp³-hybridized carbons (Fsp3) is 0.625. The van der Waals surface area contributed by atoms with Gasteiger partial charge in [0.1, 0.15) is 5.75 Å². The second-order valence-electron chi connectivity index (χ2n) is 5.61. The quantitative estimate of drug-likeness (QED) is 0.832. The topological polar surface area (TPSA) is 15.7 Å². The molecule has 1 heterocycles. The molecule has 0 N–H and O–H groups in total. The molecule has 1 saturated heterocycles. The van der Waals surface area contributed by atoms with Crippen LogP contribution in [-0.2, 0) is 6.54 Å². The Hall–Kier alpha value is -1.06. The maximum Gasteiger partial charge on any atom is 0.122 e. The van der Waals surface area contributed by atoms with Gasteiger partial charge in [0.15, 0.2) is 0 Å². The van der Waals surface area contributed by atoms with Crippen molar-refractivity contribution in [3.8, 4) is 5.75 Å². The summed E-state index contributed by atoms with van der Waals surface area (Å²) in [4.78, 5) is 4.99. The molecule has 1 aromatic carbocycles. The molecular formula is C16H26N2O. The zero-order valence-corrected chi connectivity index (χ0v) is 12.7. The second-order valence-corrected chi connectivity index (χ2v) is 5.61. The summed E-state index contributed by atoms with van der Waals surface area (Å²) in [6.45, 7) is 10.2. The van der Waals surface area contributed by atoms with E-state index in [1.807, 2.05) is 0 Å². The third-order valence-electron chi connectivity index (χ3n) is 4.28. The predicted octanol–water partition coefficient (Wildman–Crippen LogP) is 2.45. The van der Waals surface area contributed by atoms with Crippen LogP contribution in [0.1, 0.15) is 23.1 Å². The first-order valence-corrected chi connectivity index (χ1v) is 7.15. The van der Waals surface area contributed by atoms with Crippen molar-refractivity contribution < 1.29 is 4.74 Å². The molecule has 1 fully saturated rings. The van der Waals surface area contributed by atoms with Gasteiger partial charge in [0.2, 0.25) is 0 Å². The zero-order chi connectivity index (χ0) is 13.8. The van der Waals surface area contributed by atoms with Gasteiger partial charge in [-0.05, 0) is 63.2 Å². The van der Waals surface area contributed by atoms with Crippen LogP contribution in [-0.4, -0.2) is 50.1 Å². The molecule has 0 saturated carbocycles. The Bertz CT molecular complexity index is 431. The minimum Gasteiger partial charge on any atom is -0.496 e. The summed E-state index contributed by atoms with van der Waals surface area (Å²) in [7, 11) is 3.96. The molecule has 1 aromatic rings. The third kappa shape index (κ3) is 3.48. The van der Waals surface area contributed by atoms with E-state index in [0.717, 1.165) is 12.3 Å². The summed E-state index contributed by atoms with van der Waals surface area (Å²) in [5, 5.41) is 0. The molecule has 0 radical (unpaired) electrons. The lowest BCUT2D eigenvalue weighted by atomic mass is 10.0. The van der Waals surface area contributed by atoms with E-state index in [9.17, 15) is 0 Å². The van der Waals surface area contributed by atoms with Crippen LogP contribution in [0, 0.1) is 13.8 Å². The number of hydrogen-bond acceptors (Lipinski definition) is 3. The molecule has 2 rings (SSSR count). The number of ether oxygens (including phenoxy) is 1. The number of nitrogens with zero attached hydrogens (tertiary/aromatic N) is 2. The van der Waals surface area contributed by atoms with Crippen molar-refractivity contribution in [2.45, 2.75) is 26.8 Å². The van der Waals surface area contributed by atoms with Gasteiger partial charge in [-0.2, -0.15) is 0 Å². The molecule has 0 unspecified atom stereocenters. The minimum absolute atomic E-state index is 0.997. The van der Waals surface area contributed by atoms with Crippen molar-refractivity contribution in [1.29, 1.82) is 0 Å². The largest absolute Gasteiger partial charge is 0.496 e. The maximum absolute atomic E-state index is 5.38. The van der Waals surface area contributed by atoms with Crippen LogP contribution in [0.25, 0.3) is 0 Å². The normalized spacial score (nSPS) is 18.3. The Labute approximate surface area is 117 Å². The molecule has 0 atom stereocenters. The first kappa shape index (κ1) is 14.4. The average molecular weight is 262 g/mol. The Kier molecular flexibility index (Phi) is 4.83. The molecule has 0 spiro atoms. The molecule has 1 aliphatic heterocycles. The second kappa shape index (κ2) is 6.40. The molecular weight excluding hydrogens is 236 g/mol. The van der Waals surface area contributed by atoms with Crippen LogP contribution in [0.3, 0.4) is 0 Å². The fourth-order valence-corrected chi connectivity index (χ4v) is 2.74. The van der Waals surface area contributed by atoms with Gasteiger partial charge in [-0.1, -0.05) is 6.07 Å². The summed E-state index contributed by atoms with van der Waals surface area (Å²) in [5.41, 5.74) is 4.08. The first-order chi connectivity index (χ1) is 9.11. The van der Waals surface area contributed by atoms with E-state index in [1.54, 1.807) is 7.11 Å². The van der Waals surface area contributed by atoms with E-state index in [-0.39, 0.29) is 0 Å². The molecule has 3 heteroatoms. The molecule has 19 heavy (non-hydrogen) atoms. The monoisotopic (exact) mass is 262 g/mol. The standard InChI is InChI=1S/C16H26N2O/c1-13-14(2)16(19-4)7-6-15(13)12-18-9-5-8-17(3)10-11-18/h6-7H,5,8-12H2,1-4H3. The van der Waals surface area contributed by atoms with Gasteiger partial charge in [-0.15, -0.1) is 0 Å². The highest BCUT2D eigenvalue weighted by atomic mass is 16.5. The highest BCUT2D eigenvalue weighted by molar-refractivity contribution is 5.43. The van der Waals surface area contributed by atoms with Gasteiger partial charge in [-0.3, -0.25) is 4.90 Å². The Morgan fingerprint density at radius 1 is 1.05 bits per heavy atom. The maximum atomic E-state index is 5.38. The first-order valence-electron chi connectivity index (χ1n) is 7.15. The lowest BCUT2D eigenvalue weighted by Gasteiger charge is -2.22. The summed E-state index contributed by atoms with van der Waals surface area (Å²) in [5.74, 6) is 0.997. The Morgan fingerprint density at radius 2 is 1.84 bits per heavy atom. The van der Waals surface area contributed by atoms with Gasteiger partial charge >= 0.3 is 0 Å². The van der Waals surface area contributed by atoms with Gasteiger partial charge < -0.3 is 9.64 Å². The number of methoxy groups -OCH3 is 1. The Morgan fingerprint density at radius 3 is 2.58 bits per heavy atom. The third-order valence-corrected chi connectivity index (χ3v) is 4.28. The van der Waals surface area contributed by atoms with E-state index >= 15 is 0 Å². The van der Waals surface area contributed by atoms with Gasteiger partial charge in [0.05, 0.1) is 7.11 Å². The van der Waals surface area contributed by atoms with E-state index in [0.29, 0.717) is 0 Å². The van der Waals surface area contributed by atoms with E-state index in [4.69, 9.17) is 4.74 Å². The van der Waals surface area contributed by atoms with Crippen LogP contribution in [0.2, 0.25) is 0 Å². The van der Waals surface area contributed by atoms with Crippen molar-refractivity contribution in [3.05, 3.63) is 28.8 Å². The number of hydrogen-bond donors (Lipinski definition) is 0. The smallest absolute Gasteiger partial charge is 0.122 e. The highest BCUT2D eigenvalue weighted by Crippen LogP contribution is 2.25. The van der Waals surface area contributed by atoms with Crippen molar-refractivity contribution >= 4 is 0 Å². The molecule has 0 amide bonds. The Balaban J connectivity index is 2.08. The van der Waals surface area contributed by atoms with Crippen LogP contribution in [0.5, 0.6) is 5.75 Å². The van der Waals surface area contributed by atoms with Crippen molar-refractivity contribution in [1.82, 2.24) is 9.80 Å². The van der Waals surface area contributed by atoms with E-state index in [1.165, 1.54) is 49.3 Å². The summed E-state index contributed by atoms with van der Waals surface area (Å²) >= 11 is 0. The van der Waals surface area contributed by atoms with Gasteiger partial charge in [0, 0.05) is 19.6 Å². The predicted molar refractivity (Wildman–Crippen MR) is 79.9 cm³/mol. The fourth-order valence-electron chi connectivity index (χ4n) is 2.74. The van der Waals surface area contributed by atoms with Crippen molar-refractivity contribution in [2.75, 3.05) is 40.3 Å². The summed E-state index contributed by atoms with van der Waals surface area (Å²) < 4.78 is 5.38. The summed E-state index contributed by atoms with van der Waals surface area (Å²) in [6, 6.07) is 4.32. The lowest BCUT2D eigenvalue weighted by molar-refractivity contribution is 0.268. The van der Waals surface area contributed by atoms with Crippen LogP contribution in [0.15, 0.2) is 12.1 Å². The highest BCUT2D eigenvalue weighted by Gasteiger charge is 2.14. The van der Waals surface area contributed by atoms with Crippen molar-refractivity contribution in [2.24, 2.45) is 0 Å². The molecule has 3 nitrogen and oxygen atoms in total. The molecule has 0 aliphatic carbocycles. The zero-order valence-electron chi connectivity index (χ0n) is 12.7.